The first-order chi connectivity index (χ1) is 10.7. The molecule has 0 aromatic heterocycles. The summed E-state index contributed by atoms with van der Waals surface area (Å²) in [5.41, 5.74) is 0.406. The molecular weight excluding hydrogens is 325 g/mol. The van der Waals surface area contributed by atoms with Crippen LogP contribution >= 0.6 is 23.2 Å². The van der Waals surface area contributed by atoms with Crippen LogP contribution in [0.1, 0.15) is 5.56 Å². The maximum absolute atomic E-state index is 9.09. The molecule has 0 aliphatic heterocycles. The van der Waals surface area contributed by atoms with Gasteiger partial charge in [0.25, 0.3) is 0 Å². The Balaban J connectivity index is 1.96. The molecule has 0 fully saturated rings. The van der Waals surface area contributed by atoms with Crippen LogP contribution in [0.5, 0.6) is 17.2 Å². The second-order valence-corrected chi connectivity index (χ2v) is 5.06. The van der Waals surface area contributed by atoms with Crippen molar-refractivity contribution in [3.8, 4) is 23.3 Å². The van der Waals surface area contributed by atoms with Crippen molar-refractivity contribution < 1.29 is 14.2 Å². The maximum Gasteiger partial charge on any atom is 0.179 e. The van der Waals surface area contributed by atoms with Crippen molar-refractivity contribution in [3.05, 3.63) is 52.0 Å². The molecule has 0 heterocycles. The van der Waals surface area contributed by atoms with Gasteiger partial charge in [-0.15, -0.1) is 0 Å². The standard InChI is InChI=1S/C16H13Cl2NO3/c1-20-15-4-2-3-11(10-19)16(15)22-8-7-21-14-6-5-12(17)9-13(14)18/h2-6,9H,7-8H2,1H3. The molecule has 0 aliphatic carbocycles. The van der Waals surface area contributed by atoms with Crippen molar-refractivity contribution >= 4 is 23.2 Å². The molecule has 0 atom stereocenters. The summed E-state index contributed by atoms with van der Waals surface area (Å²) in [6.07, 6.45) is 0. The lowest BCUT2D eigenvalue weighted by Gasteiger charge is -2.13. The summed E-state index contributed by atoms with van der Waals surface area (Å²) in [4.78, 5) is 0. The van der Waals surface area contributed by atoms with E-state index >= 15 is 0 Å². The predicted molar refractivity (Wildman–Crippen MR) is 85.2 cm³/mol. The molecule has 0 saturated carbocycles. The molecule has 0 spiro atoms. The zero-order chi connectivity index (χ0) is 15.9. The summed E-state index contributed by atoms with van der Waals surface area (Å²) in [6.45, 7) is 0.512. The molecule has 6 heteroatoms. The van der Waals surface area contributed by atoms with E-state index in [0.29, 0.717) is 32.9 Å². The number of nitrogens with zero attached hydrogens (tertiary/aromatic N) is 1. The van der Waals surface area contributed by atoms with Gasteiger partial charge in [0, 0.05) is 5.02 Å². The minimum Gasteiger partial charge on any atom is -0.493 e. The van der Waals surface area contributed by atoms with Crippen molar-refractivity contribution in [2.75, 3.05) is 20.3 Å². The fourth-order valence-electron chi connectivity index (χ4n) is 1.80. The van der Waals surface area contributed by atoms with E-state index in [9.17, 15) is 0 Å². The van der Waals surface area contributed by atoms with E-state index in [4.69, 9.17) is 42.7 Å². The van der Waals surface area contributed by atoms with Gasteiger partial charge in [0.1, 0.15) is 25.0 Å². The van der Waals surface area contributed by atoms with Crippen LogP contribution in [0.2, 0.25) is 10.0 Å². The van der Waals surface area contributed by atoms with Crippen LogP contribution in [-0.2, 0) is 0 Å². The number of nitriles is 1. The number of rotatable bonds is 6. The van der Waals surface area contributed by atoms with E-state index in [-0.39, 0.29) is 13.2 Å². The SMILES string of the molecule is COc1cccc(C#N)c1OCCOc1ccc(Cl)cc1Cl. The molecule has 0 N–H and O–H groups in total. The third kappa shape index (κ3) is 3.97. The third-order valence-corrected chi connectivity index (χ3v) is 3.33. The Labute approximate surface area is 138 Å². The summed E-state index contributed by atoms with van der Waals surface area (Å²) < 4.78 is 16.3. The molecule has 0 radical (unpaired) electrons. The van der Waals surface area contributed by atoms with Crippen LogP contribution in [0.25, 0.3) is 0 Å². The molecule has 0 aliphatic rings. The van der Waals surface area contributed by atoms with Crippen LogP contribution in [0.4, 0.5) is 0 Å². The normalized spacial score (nSPS) is 9.91. The molecule has 4 nitrogen and oxygen atoms in total. The van der Waals surface area contributed by atoms with Crippen molar-refractivity contribution in [1.29, 1.82) is 5.26 Å². The van der Waals surface area contributed by atoms with Gasteiger partial charge in [-0.3, -0.25) is 0 Å². The Kier molecular flexibility index (Phi) is 5.76. The van der Waals surface area contributed by atoms with Gasteiger partial charge in [-0.1, -0.05) is 29.3 Å². The first kappa shape index (κ1) is 16.3. The highest BCUT2D eigenvalue weighted by Crippen LogP contribution is 2.31. The van der Waals surface area contributed by atoms with Gasteiger partial charge in [0.05, 0.1) is 17.7 Å². The number of methoxy groups -OCH3 is 1. The number of hydrogen-bond donors (Lipinski definition) is 0. The first-order valence-electron chi connectivity index (χ1n) is 6.43. The maximum atomic E-state index is 9.09. The van der Waals surface area contributed by atoms with E-state index in [1.165, 1.54) is 7.11 Å². The Morgan fingerprint density at radius 1 is 1.05 bits per heavy atom. The van der Waals surface area contributed by atoms with Gasteiger partial charge in [0.2, 0.25) is 0 Å². The number of halogens is 2. The van der Waals surface area contributed by atoms with E-state index in [1.807, 2.05) is 0 Å². The Hall–Kier alpha value is -2.09. The number of benzene rings is 2. The fraction of sp³-hybridized carbons (Fsp3) is 0.188. The highest BCUT2D eigenvalue weighted by molar-refractivity contribution is 6.35. The van der Waals surface area contributed by atoms with E-state index in [0.717, 1.165) is 0 Å². The highest BCUT2D eigenvalue weighted by atomic mass is 35.5. The van der Waals surface area contributed by atoms with Gasteiger partial charge in [-0.05, 0) is 30.3 Å². The van der Waals surface area contributed by atoms with Gasteiger partial charge >= 0.3 is 0 Å². The third-order valence-electron chi connectivity index (χ3n) is 2.80. The summed E-state index contributed by atoms with van der Waals surface area (Å²) in [7, 11) is 1.52. The zero-order valence-corrected chi connectivity index (χ0v) is 13.3. The molecule has 0 saturated heterocycles. The van der Waals surface area contributed by atoms with Crippen molar-refractivity contribution in [3.63, 3.8) is 0 Å². The van der Waals surface area contributed by atoms with Gasteiger partial charge in [0.15, 0.2) is 11.5 Å². The van der Waals surface area contributed by atoms with Crippen molar-refractivity contribution in [2.45, 2.75) is 0 Å². The summed E-state index contributed by atoms with van der Waals surface area (Å²) in [5, 5.41) is 10.1. The summed E-state index contributed by atoms with van der Waals surface area (Å²) in [6, 6.07) is 12.2. The second-order valence-electron chi connectivity index (χ2n) is 4.22. The van der Waals surface area contributed by atoms with Crippen LogP contribution in [0, 0.1) is 11.3 Å². The molecule has 0 bridgehead atoms. The fourth-order valence-corrected chi connectivity index (χ4v) is 2.26. The van der Waals surface area contributed by atoms with Gasteiger partial charge < -0.3 is 14.2 Å². The van der Waals surface area contributed by atoms with Crippen LogP contribution in [-0.4, -0.2) is 20.3 Å². The topological polar surface area (TPSA) is 51.5 Å². The van der Waals surface area contributed by atoms with Crippen molar-refractivity contribution in [1.82, 2.24) is 0 Å². The lowest BCUT2D eigenvalue weighted by Crippen LogP contribution is -2.10. The molecule has 2 aromatic carbocycles. The van der Waals surface area contributed by atoms with E-state index in [1.54, 1.807) is 36.4 Å². The second kappa shape index (κ2) is 7.79. The van der Waals surface area contributed by atoms with E-state index < -0.39 is 0 Å². The molecule has 22 heavy (non-hydrogen) atoms. The highest BCUT2D eigenvalue weighted by Gasteiger charge is 2.10. The Morgan fingerprint density at radius 3 is 2.50 bits per heavy atom. The minimum atomic E-state index is 0.244. The van der Waals surface area contributed by atoms with E-state index in [2.05, 4.69) is 6.07 Å². The molecule has 2 rings (SSSR count). The zero-order valence-electron chi connectivity index (χ0n) is 11.8. The first-order valence-corrected chi connectivity index (χ1v) is 7.19. The predicted octanol–water partition coefficient (Wildman–Crippen LogP) is 4.33. The number of ether oxygens (including phenoxy) is 3. The van der Waals surface area contributed by atoms with Crippen LogP contribution in [0.15, 0.2) is 36.4 Å². The Bertz CT molecular complexity index is 698. The van der Waals surface area contributed by atoms with Crippen LogP contribution < -0.4 is 14.2 Å². The number of hydrogen-bond acceptors (Lipinski definition) is 4. The van der Waals surface area contributed by atoms with Gasteiger partial charge in [-0.25, -0.2) is 0 Å². The largest absolute Gasteiger partial charge is 0.493 e. The smallest absolute Gasteiger partial charge is 0.179 e. The number of para-hydroxylation sites is 1. The molecule has 114 valence electrons. The monoisotopic (exact) mass is 337 g/mol. The molecule has 0 amide bonds. The van der Waals surface area contributed by atoms with Crippen LogP contribution in [0.3, 0.4) is 0 Å². The lowest BCUT2D eigenvalue weighted by atomic mass is 10.2. The summed E-state index contributed by atoms with van der Waals surface area (Å²) >= 11 is 11.8. The molecule has 0 unspecified atom stereocenters. The average molecular weight is 338 g/mol. The van der Waals surface area contributed by atoms with Gasteiger partial charge in [-0.2, -0.15) is 5.26 Å². The quantitative estimate of drug-likeness (QED) is 0.736. The lowest BCUT2D eigenvalue weighted by molar-refractivity contribution is 0.211. The molecule has 2 aromatic rings. The Morgan fingerprint density at radius 2 is 1.82 bits per heavy atom. The summed E-state index contributed by atoms with van der Waals surface area (Å²) in [5.74, 6) is 1.43. The van der Waals surface area contributed by atoms with Crippen molar-refractivity contribution in [2.24, 2.45) is 0 Å². The minimum absolute atomic E-state index is 0.244. The molecular formula is C16H13Cl2NO3. The average Bonchev–Trinajstić information content (AvgIpc) is 2.53.